The highest BCUT2D eigenvalue weighted by Crippen LogP contribution is 2.28. The summed E-state index contributed by atoms with van der Waals surface area (Å²) in [7, 11) is -3.31. The molecule has 0 heterocycles. The van der Waals surface area contributed by atoms with Gasteiger partial charge in [-0.05, 0) is 55.5 Å². The van der Waals surface area contributed by atoms with E-state index < -0.39 is 9.84 Å². The molecule has 2 rings (SSSR count). The van der Waals surface area contributed by atoms with E-state index in [1.807, 2.05) is 18.2 Å². The normalized spacial score (nSPS) is 11.9. The van der Waals surface area contributed by atoms with Crippen LogP contribution in [0.5, 0.6) is 11.5 Å². The number of benzene rings is 2. The zero-order chi connectivity index (χ0) is 45.9. The van der Waals surface area contributed by atoms with Gasteiger partial charge < -0.3 is 14.6 Å². The van der Waals surface area contributed by atoms with Crippen molar-refractivity contribution in [1.82, 2.24) is 0 Å². The van der Waals surface area contributed by atoms with E-state index >= 15 is 0 Å². The average molecular weight is 909 g/mol. The summed E-state index contributed by atoms with van der Waals surface area (Å²) in [5.41, 5.74) is 1.96. The second kappa shape index (κ2) is 42.1. The molecule has 0 saturated carbocycles. The smallest absolute Gasteiger partial charge is 0.178 e. The van der Waals surface area contributed by atoms with E-state index in [1.165, 1.54) is 193 Å². The first-order chi connectivity index (χ1) is 31.5. The van der Waals surface area contributed by atoms with Crippen LogP contribution in [-0.2, 0) is 9.84 Å². The maximum absolute atomic E-state index is 13.0. The Morgan fingerprint density at radius 3 is 1.22 bits per heavy atom. The molecule has 2 aromatic rings. The predicted octanol–water partition coefficient (Wildman–Crippen LogP) is 18.2. The van der Waals surface area contributed by atoms with Crippen molar-refractivity contribution in [3.8, 4) is 11.5 Å². The SMILES string of the molecule is CCCCCCCCCCCCCCCCCCOc1ccc(C=Cc2ccc(S(=O)(=O)CCCCCCCCO)cc2)c(OCCCCCCCCCCCCCCCCCC)c1. The molecule has 0 aromatic heterocycles. The van der Waals surface area contributed by atoms with Gasteiger partial charge in [0, 0.05) is 18.2 Å². The summed E-state index contributed by atoms with van der Waals surface area (Å²) >= 11 is 0. The summed E-state index contributed by atoms with van der Waals surface area (Å²) in [5, 5.41) is 8.95. The van der Waals surface area contributed by atoms with E-state index in [0.717, 1.165) is 74.2 Å². The quantitative estimate of drug-likeness (QED) is 0.0529. The molecule has 2 aromatic carbocycles. The summed E-state index contributed by atoms with van der Waals surface area (Å²) in [6, 6.07) is 13.5. The zero-order valence-corrected chi connectivity index (χ0v) is 42.7. The number of aliphatic hydroxyl groups excluding tert-OH is 1. The molecule has 0 fully saturated rings. The van der Waals surface area contributed by atoms with Gasteiger partial charge >= 0.3 is 0 Å². The lowest BCUT2D eigenvalue weighted by atomic mass is 10.0. The van der Waals surface area contributed by atoms with Crippen LogP contribution >= 0.6 is 0 Å². The first kappa shape index (κ1) is 57.8. The Balaban J connectivity index is 1.76. The van der Waals surface area contributed by atoms with Gasteiger partial charge in [-0.3, -0.25) is 0 Å². The minimum atomic E-state index is -3.31. The van der Waals surface area contributed by atoms with Crippen molar-refractivity contribution in [1.29, 1.82) is 0 Å². The Morgan fingerprint density at radius 1 is 0.422 bits per heavy atom. The molecule has 0 atom stereocenters. The van der Waals surface area contributed by atoms with Crippen molar-refractivity contribution < 1.29 is 23.0 Å². The van der Waals surface area contributed by atoms with E-state index in [4.69, 9.17) is 14.6 Å². The molecule has 0 spiro atoms. The summed E-state index contributed by atoms with van der Waals surface area (Å²) < 4.78 is 38.7. The maximum atomic E-state index is 13.0. The van der Waals surface area contributed by atoms with Gasteiger partial charge in [-0.15, -0.1) is 0 Å². The van der Waals surface area contributed by atoms with Gasteiger partial charge in [0.05, 0.1) is 23.9 Å². The molecule has 0 bridgehead atoms. The summed E-state index contributed by atoms with van der Waals surface area (Å²) in [6.45, 7) is 6.23. The first-order valence-corrected chi connectivity index (χ1v) is 29.2. The molecule has 5 nitrogen and oxygen atoms in total. The highest BCUT2D eigenvalue weighted by molar-refractivity contribution is 7.91. The summed E-state index contributed by atoms with van der Waals surface area (Å²) in [5.74, 6) is 1.88. The highest BCUT2D eigenvalue weighted by atomic mass is 32.2. The number of hydrogen-bond acceptors (Lipinski definition) is 5. The second-order valence-electron chi connectivity index (χ2n) is 19.1. The van der Waals surface area contributed by atoms with Gasteiger partial charge in [0.2, 0.25) is 0 Å². The van der Waals surface area contributed by atoms with Crippen molar-refractivity contribution in [3.05, 3.63) is 53.6 Å². The number of aliphatic hydroxyl groups is 1. The molecule has 1 N–H and O–H groups in total. The van der Waals surface area contributed by atoms with Gasteiger partial charge in [-0.2, -0.15) is 0 Å². The Morgan fingerprint density at radius 2 is 0.797 bits per heavy atom. The standard InChI is InChI=1S/C58H100O5S/c1-3-5-7-9-11-13-15-17-19-21-23-25-27-30-34-38-50-62-56-46-45-55(44-41-54-42-47-57(48-43-54)64(60,61)52-40-36-32-29-33-37-49-59)58(53-56)63-51-39-35-31-28-26-24-22-20-18-16-14-12-10-8-6-4-2/h41-48,53,59H,3-40,49-52H2,1-2H3. The van der Waals surface area contributed by atoms with Crippen LogP contribution in [0, 0.1) is 0 Å². The lowest BCUT2D eigenvalue weighted by Crippen LogP contribution is -2.06. The van der Waals surface area contributed by atoms with Crippen molar-refractivity contribution in [2.24, 2.45) is 0 Å². The Labute approximate surface area is 396 Å². The molecule has 0 aliphatic carbocycles. The molecule has 368 valence electrons. The third-order valence-corrected chi connectivity index (χ3v) is 14.8. The number of unbranched alkanes of at least 4 members (excludes halogenated alkanes) is 35. The van der Waals surface area contributed by atoms with Gasteiger partial charge in [-0.25, -0.2) is 8.42 Å². The molecule has 0 saturated heterocycles. The Kier molecular flexibility index (Phi) is 38.0. The summed E-state index contributed by atoms with van der Waals surface area (Å²) in [4.78, 5) is 0.388. The molecule has 0 aliphatic heterocycles. The van der Waals surface area contributed by atoms with Crippen LogP contribution < -0.4 is 9.47 Å². The van der Waals surface area contributed by atoms with E-state index in [-0.39, 0.29) is 12.4 Å². The van der Waals surface area contributed by atoms with Crippen LogP contribution in [0.3, 0.4) is 0 Å². The van der Waals surface area contributed by atoms with Crippen molar-refractivity contribution in [2.75, 3.05) is 25.6 Å². The number of sulfone groups is 1. The topological polar surface area (TPSA) is 72.8 Å². The van der Waals surface area contributed by atoms with Crippen molar-refractivity contribution >= 4 is 22.0 Å². The fourth-order valence-electron chi connectivity index (χ4n) is 8.74. The fourth-order valence-corrected chi connectivity index (χ4v) is 10.1. The van der Waals surface area contributed by atoms with E-state index in [1.54, 1.807) is 12.1 Å². The predicted molar refractivity (Wildman–Crippen MR) is 279 cm³/mol. The van der Waals surface area contributed by atoms with Crippen LogP contribution in [0.4, 0.5) is 0 Å². The zero-order valence-electron chi connectivity index (χ0n) is 41.9. The molecular formula is C58H100O5S. The average Bonchev–Trinajstić information content (AvgIpc) is 3.30. The third kappa shape index (κ3) is 32.4. The van der Waals surface area contributed by atoms with Gasteiger partial charge in [-0.1, -0.05) is 256 Å². The maximum Gasteiger partial charge on any atom is 0.178 e. The molecule has 0 radical (unpaired) electrons. The molecule has 0 unspecified atom stereocenters. The van der Waals surface area contributed by atoms with Gasteiger partial charge in [0.15, 0.2) is 9.84 Å². The molecule has 64 heavy (non-hydrogen) atoms. The third-order valence-electron chi connectivity index (χ3n) is 13.0. The van der Waals surface area contributed by atoms with Crippen LogP contribution in [0.15, 0.2) is 47.4 Å². The van der Waals surface area contributed by atoms with Crippen LogP contribution in [0.1, 0.15) is 269 Å². The van der Waals surface area contributed by atoms with Crippen LogP contribution in [0.2, 0.25) is 0 Å². The number of rotatable bonds is 47. The first-order valence-electron chi connectivity index (χ1n) is 27.5. The van der Waals surface area contributed by atoms with E-state index in [9.17, 15) is 8.42 Å². The largest absolute Gasteiger partial charge is 0.493 e. The van der Waals surface area contributed by atoms with Crippen molar-refractivity contribution in [2.45, 2.75) is 263 Å². The minimum absolute atomic E-state index is 0.177. The molecular weight excluding hydrogens is 809 g/mol. The highest BCUT2D eigenvalue weighted by Gasteiger charge is 2.14. The minimum Gasteiger partial charge on any atom is -0.493 e. The van der Waals surface area contributed by atoms with Gasteiger partial charge in [0.1, 0.15) is 11.5 Å². The fraction of sp³-hybridized carbons (Fsp3) is 0.759. The van der Waals surface area contributed by atoms with E-state index in [2.05, 4.69) is 38.1 Å². The lowest BCUT2D eigenvalue weighted by Gasteiger charge is -2.13. The Bertz CT molecular complexity index is 1450. The molecule has 6 heteroatoms. The second-order valence-corrected chi connectivity index (χ2v) is 21.2. The van der Waals surface area contributed by atoms with Crippen LogP contribution in [0.25, 0.3) is 12.2 Å². The Hall–Kier alpha value is -2.31. The van der Waals surface area contributed by atoms with Crippen molar-refractivity contribution in [3.63, 3.8) is 0 Å². The summed E-state index contributed by atoms with van der Waals surface area (Å²) in [6.07, 6.45) is 53.0. The monoisotopic (exact) mass is 909 g/mol. The van der Waals surface area contributed by atoms with Gasteiger partial charge in [0.25, 0.3) is 0 Å². The number of hydrogen-bond donors (Lipinski definition) is 1. The molecule has 0 amide bonds. The lowest BCUT2D eigenvalue weighted by molar-refractivity contribution is 0.282. The van der Waals surface area contributed by atoms with Crippen LogP contribution in [-0.4, -0.2) is 39.1 Å². The van der Waals surface area contributed by atoms with E-state index in [0.29, 0.717) is 17.9 Å². The molecule has 0 aliphatic rings. The number of ether oxygens (including phenoxy) is 2.